The van der Waals surface area contributed by atoms with E-state index in [0.29, 0.717) is 5.69 Å². The van der Waals surface area contributed by atoms with Gasteiger partial charge in [0.2, 0.25) is 0 Å². The number of hydrogen-bond donors (Lipinski definition) is 1. The van der Waals surface area contributed by atoms with E-state index in [1.54, 1.807) is 19.0 Å². The standard InChI is InChI=1S/C11H12ClF5N2/c1-19(2)6-3-4-7(8(12)5-6)9(18)10(13,14)11(15,16)17/h3-5,9H,18H2,1-2H3/t9-/m1/s1. The van der Waals surface area contributed by atoms with Crippen LogP contribution >= 0.6 is 11.6 Å². The average molecular weight is 303 g/mol. The zero-order valence-corrected chi connectivity index (χ0v) is 10.9. The van der Waals surface area contributed by atoms with Crippen molar-refractivity contribution < 1.29 is 22.0 Å². The second kappa shape index (κ2) is 5.13. The molecule has 1 atom stereocenters. The predicted molar refractivity (Wildman–Crippen MR) is 63.7 cm³/mol. The topological polar surface area (TPSA) is 29.3 Å². The quantitative estimate of drug-likeness (QED) is 0.864. The molecule has 0 spiro atoms. The molecule has 19 heavy (non-hydrogen) atoms. The van der Waals surface area contributed by atoms with E-state index in [1.165, 1.54) is 12.1 Å². The Labute approximate surface area is 111 Å². The molecule has 0 saturated carbocycles. The lowest BCUT2D eigenvalue weighted by Crippen LogP contribution is -2.45. The third kappa shape index (κ3) is 3.09. The molecule has 0 amide bonds. The molecule has 0 aliphatic rings. The van der Waals surface area contributed by atoms with Crippen LogP contribution in [0.15, 0.2) is 18.2 Å². The third-order valence-electron chi connectivity index (χ3n) is 2.60. The monoisotopic (exact) mass is 302 g/mol. The summed E-state index contributed by atoms with van der Waals surface area (Å²) in [5.41, 5.74) is 5.13. The van der Waals surface area contributed by atoms with Crippen LogP contribution < -0.4 is 10.6 Å². The number of alkyl halides is 5. The van der Waals surface area contributed by atoms with E-state index < -0.39 is 23.7 Å². The lowest BCUT2D eigenvalue weighted by molar-refractivity contribution is -0.290. The number of hydrogen-bond acceptors (Lipinski definition) is 2. The molecule has 108 valence electrons. The fraction of sp³-hybridized carbons (Fsp3) is 0.455. The normalized spacial score (nSPS) is 14.4. The Balaban J connectivity index is 3.18. The molecule has 2 nitrogen and oxygen atoms in total. The highest BCUT2D eigenvalue weighted by Crippen LogP contribution is 2.44. The number of nitrogens with two attached hydrogens (primary N) is 1. The lowest BCUT2D eigenvalue weighted by atomic mass is 10.0. The molecule has 0 saturated heterocycles. The van der Waals surface area contributed by atoms with Crippen molar-refractivity contribution >= 4 is 17.3 Å². The van der Waals surface area contributed by atoms with Crippen molar-refractivity contribution in [3.63, 3.8) is 0 Å². The summed E-state index contributed by atoms with van der Waals surface area (Å²) in [5.74, 6) is -5.05. The summed E-state index contributed by atoms with van der Waals surface area (Å²) in [6.45, 7) is 0. The zero-order chi connectivity index (χ0) is 15.0. The van der Waals surface area contributed by atoms with Crippen molar-refractivity contribution in [2.24, 2.45) is 5.73 Å². The Hall–Kier alpha value is -1.08. The summed E-state index contributed by atoms with van der Waals surface area (Å²) in [4.78, 5) is 1.63. The molecule has 1 rings (SSSR count). The Morgan fingerprint density at radius 1 is 1.16 bits per heavy atom. The predicted octanol–water partition coefficient (Wildman–Crippen LogP) is 3.60. The van der Waals surface area contributed by atoms with Crippen LogP contribution in [0.25, 0.3) is 0 Å². The van der Waals surface area contributed by atoms with Gasteiger partial charge in [-0.05, 0) is 17.7 Å². The molecule has 0 aliphatic carbocycles. The van der Waals surface area contributed by atoms with Crippen LogP contribution in [-0.2, 0) is 0 Å². The number of anilines is 1. The van der Waals surface area contributed by atoms with Crippen molar-refractivity contribution in [2.45, 2.75) is 18.1 Å². The molecule has 8 heteroatoms. The first kappa shape index (κ1) is 16.0. The maximum Gasteiger partial charge on any atom is 0.455 e. The number of rotatable bonds is 3. The van der Waals surface area contributed by atoms with Gasteiger partial charge in [-0.3, -0.25) is 0 Å². The minimum atomic E-state index is -5.73. The van der Waals surface area contributed by atoms with Crippen LogP contribution in [0, 0.1) is 0 Å². The first-order chi connectivity index (χ1) is 8.48. The fourth-order valence-electron chi connectivity index (χ4n) is 1.42. The second-order valence-electron chi connectivity index (χ2n) is 4.20. The molecule has 0 radical (unpaired) electrons. The van der Waals surface area contributed by atoms with Crippen LogP contribution in [-0.4, -0.2) is 26.2 Å². The van der Waals surface area contributed by atoms with Crippen LogP contribution in [0.1, 0.15) is 11.6 Å². The van der Waals surface area contributed by atoms with E-state index in [0.717, 1.165) is 6.07 Å². The van der Waals surface area contributed by atoms with Crippen LogP contribution in [0.4, 0.5) is 27.6 Å². The van der Waals surface area contributed by atoms with Crippen LogP contribution in [0.5, 0.6) is 0 Å². The summed E-state index contributed by atoms with van der Waals surface area (Å²) in [6.07, 6.45) is -5.73. The SMILES string of the molecule is CN(C)c1ccc([C@@H](N)C(F)(F)C(F)(F)F)c(Cl)c1. The molecule has 0 aliphatic heterocycles. The van der Waals surface area contributed by atoms with Crippen molar-refractivity contribution in [3.8, 4) is 0 Å². The van der Waals surface area contributed by atoms with E-state index in [1.807, 2.05) is 0 Å². The number of nitrogens with zero attached hydrogens (tertiary/aromatic N) is 1. The van der Waals surface area contributed by atoms with Crippen LogP contribution in [0.2, 0.25) is 5.02 Å². The van der Waals surface area contributed by atoms with Crippen LogP contribution in [0.3, 0.4) is 0 Å². The van der Waals surface area contributed by atoms with Gasteiger partial charge in [0.15, 0.2) is 0 Å². The fourth-order valence-corrected chi connectivity index (χ4v) is 1.71. The summed E-state index contributed by atoms with van der Waals surface area (Å²) in [5, 5.41) is -0.234. The maximum absolute atomic E-state index is 13.1. The van der Waals surface area contributed by atoms with Gasteiger partial charge >= 0.3 is 12.1 Å². The molecule has 0 heterocycles. The molecule has 0 bridgehead atoms. The minimum Gasteiger partial charge on any atom is -0.378 e. The Morgan fingerprint density at radius 3 is 2.05 bits per heavy atom. The average Bonchev–Trinajstić information content (AvgIpc) is 2.26. The van der Waals surface area contributed by atoms with E-state index >= 15 is 0 Å². The van der Waals surface area contributed by atoms with Gasteiger partial charge in [0, 0.05) is 24.8 Å². The minimum absolute atomic E-state index is 0.234. The first-order valence-corrected chi connectivity index (χ1v) is 5.53. The molecule has 0 unspecified atom stereocenters. The van der Waals surface area contributed by atoms with Gasteiger partial charge in [-0.15, -0.1) is 0 Å². The van der Waals surface area contributed by atoms with Gasteiger partial charge < -0.3 is 10.6 Å². The Bertz CT molecular complexity index is 459. The molecule has 0 fully saturated rings. The van der Waals surface area contributed by atoms with E-state index in [4.69, 9.17) is 17.3 Å². The van der Waals surface area contributed by atoms with Crippen molar-refractivity contribution in [2.75, 3.05) is 19.0 Å². The van der Waals surface area contributed by atoms with Gasteiger partial charge in [-0.2, -0.15) is 22.0 Å². The smallest absolute Gasteiger partial charge is 0.378 e. The Morgan fingerprint density at radius 2 is 1.68 bits per heavy atom. The van der Waals surface area contributed by atoms with Gasteiger partial charge in [0.05, 0.1) is 0 Å². The molecule has 0 aromatic heterocycles. The maximum atomic E-state index is 13.1. The molecular formula is C11H12ClF5N2. The molecule has 1 aromatic carbocycles. The van der Waals surface area contributed by atoms with Crippen molar-refractivity contribution in [3.05, 3.63) is 28.8 Å². The highest BCUT2D eigenvalue weighted by molar-refractivity contribution is 6.31. The molecular weight excluding hydrogens is 291 g/mol. The van der Waals surface area contributed by atoms with E-state index in [2.05, 4.69) is 0 Å². The van der Waals surface area contributed by atoms with Gasteiger partial charge in [-0.1, -0.05) is 17.7 Å². The summed E-state index contributed by atoms with van der Waals surface area (Å²) in [7, 11) is 3.35. The summed E-state index contributed by atoms with van der Waals surface area (Å²) < 4.78 is 62.9. The first-order valence-electron chi connectivity index (χ1n) is 5.15. The van der Waals surface area contributed by atoms with Gasteiger partial charge in [0.1, 0.15) is 6.04 Å². The number of halogens is 6. The van der Waals surface area contributed by atoms with Gasteiger partial charge in [0.25, 0.3) is 0 Å². The largest absolute Gasteiger partial charge is 0.455 e. The summed E-state index contributed by atoms with van der Waals surface area (Å²) >= 11 is 5.72. The van der Waals surface area contributed by atoms with E-state index in [9.17, 15) is 22.0 Å². The Kier molecular flexibility index (Phi) is 4.31. The van der Waals surface area contributed by atoms with E-state index in [-0.39, 0.29) is 5.02 Å². The number of benzene rings is 1. The molecule has 1 aromatic rings. The second-order valence-corrected chi connectivity index (χ2v) is 4.61. The summed E-state index contributed by atoms with van der Waals surface area (Å²) in [6, 6.07) is 1.18. The highest BCUT2D eigenvalue weighted by atomic mass is 35.5. The highest BCUT2D eigenvalue weighted by Gasteiger charge is 2.62. The van der Waals surface area contributed by atoms with Gasteiger partial charge in [-0.25, -0.2) is 0 Å². The molecule has 2 N–H and O–H groups in total. The van der Waals surface area contributed by atoms with Crippen molar-refractivity contribution in [1.29, 1.82) is 0 Å². The zero-order valence-electron chi connectivity index (χ0n) is 10.1. The lowest BCUT2D eigenvalue weighted by Gasteiger charge is -2.27. The van der Waals surface area contributed by atoms with Crippen molar-refractivity contribution in [1.82, 2.24) is 0 Å². The third-order valence-corrected chi connectivity index (χ3v) is 2.93.